The van der Waals surface area contributed by atoms with Gasteiger partial charge in [-0.2, -0.15) is 0 Å². The standard InChI is InChI=1S/C21H18N4O4S.C21H18N4O3S.C17H18N4O3S.C16H16N4O5S/c1-14-20-17(9-11-25(20)30(27,28)16-6-4-3-5-7-16)18(13-23-14)15-8-10-22-19(12-15)24-21(26)29-2;1-14-21-18(9-11-25(21)29(27,28)17-6-4-3-5-7-17)19(13-23-14)16-8-10-22-20(12-16)24-15(2)26;1-4-15-17-13(6-8-21(17)25(3,23)24)14(10-19-15)12-5-7-18-16(9-12)20-11(2)22;1-24-15-14-11(5-7-20(14)26(3,22)23)12(9-18-15)10-4-6-17-13(8-10)19-16(21)25-2/h3-13H,1-2H3,(H,22,24,26);3-13H,1-2H3,(H,22,24,26);5-10H,4H2,1-3H3,(H,18,20,22);4-9H,1-3H3,(H,17,19,21). The highest BCUT2D eigenvalue weighted by atomic mass is 32.2. The van der Waals surface area contributed by atoms with Gasteiger partial charge in [-0.3, -0.25) is 35.2 Å². The summed E-state index contributed by atoms with van der Waals surface area (Å²) >= 11 is 0. The zero-order valence-corrected chi connectivity index (χ0v) is 63.7. The molecule has 0 aliphatic rings. The molecule has 35 heteroatoms. The molecular weight excluding hydrogens is 1490 g/mol. The van der Waals surface area contributed by atoms with Crippen LogP contribution in [0.1, 0.15) is 37.9 Å². The maximum Gasteiger partial charge on any atom is 0.412 e. The fourth-order valence-electron chi connectivity index (χ4n) is 11.9. The topological polar surface area (TPSA) is 403 Å². The molecule has 0 aliphatic heterocycles. The molecule has 12 aromatic heterocycles. The van der Waals surface area contributed by atoms with Crippen molar-refractivity contribution in [3.8, 4) is 50.4 Å². The average Bonchev–Trinajstić information content (AvgIpc) is 1.60. The van der Waals surface area contributed by atoms with E-state index in [0.717, 1.165) is 54.2 Å². The van der Waals surface area contributed by atoms with E-state index in [1.165, 1.54) is 71.9 Å². The third-order valence-corrected chi connectivity index (χ3v) is 22.1. The van der Waals surface area contributed by atoms with Gasteiger partial charge in [0.1, 0.15) is 28.8 Å². The Morgan fingerprint density at radius 3 is 1.05 bits per heavy atom. The van der Waals surface area contributed by atoms with Crippen molar-refractivity contribution >= 4 is 131 Å². The number of aryl methyl sites for hydroxylation is 3. The molecule has 564 valence electrons. The molecule has 0 radical (unpaired) electrons. The number of nitrogens with zero attached hydrogens (tertiary/aromatic N) is 12. The number of ether oxygens (including phenoxy) is 3. The van der Waals surface area contributed by atoms with E-state index in [-0.39, 0.29) is 27.5 Å². The normalized spacial score (nSPS) is 11.5. The predicted molar refractivity (Wildman–Crippen MR) is 416 cm³/mol. The molecule has 14 rings (SSSR count). The highest BCUT2D eigenvalue weighted by molar-refractivity contribution is 7.90. The minimum Gasteiger partial charge on any atom is -0.479 e. The number of methoxy groups -OCH3 is 3. The van der Waals surface area contributed by atoms with E-state index in [0.29, 0.717) is 90.9 Å². The number of amides is 4. The molecule has 0 atom stereocenters. The smallest absolute Gasteiger partial charge is 0.412 e. The van der Waals surface area contributed by atoms with Crippen molar-refractivity contribution in [3.05, 3.63) is 225 Å². The van der Waals surface area contributed by atoms with Gasteiger partial charge in [0, 0.05) is 132 Å². The number of nitrogens with one attached hydrogen (secondary N) is 4. The fourth-order valence-corrected chi connectivity index (χ4v) is 16.3. The molecule has 4 amide bonds. The number of hydrogen-bond donors (Lipinski definition) is 4. The Bertz CT molecular complexity index is 6370. The molecule has 4 N–H and O–H groups in total. The van der Waals surface area contributed by atoms with Gasteiger partial charge >= 0.3 is 12.2 Å². The van der Waals surface area contributed by atoms with Crippen molar-refractivity contribution in [1.29, 1.82) is 0 Å². The van der Waals surface area contributed by atoms with E-state index in [1.54, 1.807) is 203 Å². The Hall–Kier alpha value is -13.1. The number of fused-ring (bicyclic) bond motifs is 4. The van der Waals surface area contributed by atoms with E-state index < -0.39 is 52.3 Å². The summed E-state index contributed by atoms with van der Waals surface area (Å²) in [4.78, 5) is 79.7. The predicted octanol–water partition coefficient (Wildman–Crippen LogP) is 11.9. The monoisotopic (exact) mass is 1560 g/mol. The molecule has 0 bridgehead atoms. The van der Waals surface area contributed by atoms with Crippen LogP contribution in [-0.4, -0.2) is 147 Å². The van der Waals surface area contributed by atoms with Gasteiger partial charge in [0.15, 0.2) is 0 Å². The summed E-state index contributed by atoms with van der Waals surface area (Å²) in [5, 5.41) is 13.2. The highest BCUT2D eigenvalue weighted by Crippen LogP contribution is 2.38. The van der Waals surface area contributed by atoms with Crippen LogP contribution in [-0.2, 0) is 65.6 Å². The van der Waals surface area contributed by atoms with Crippen LogP contribution in [0.5, 0.6) is 5.88 Å². The van der Waals surface area contributed by atoms with Gasteiger partial charge < -0.3 is 24.8 Å². The van der Waals surface area contributed by atoms with E-state index in [1.807, 2.05) is 6.92 Å². The van der Waals surface area contributed by atoms with Crippen LogP contribution in [0.2, 0.25) is 0 Å². The van der Waals surface area contributed by atoms with Crippen molar-refractivity contribution in [2.24, 2.45) is 0 Å². The first kappa shape index (κ1) is 78.0. The van der Waals surface area contributed by atoms with E-state index in [2.05, 4.69) is 70.6 Å². The van der Waals surface area contributed by atoms with Crippen LogP contribution in [0.25, 0.3) is 88.1 Å². The van der Waals surface area contributed by atoms with Crippen LogP contribution in [0.4, 0.5) is 32.9 Å². The first-order chi connectivity index (χ1) is 52.4. The lowest BCUT2D eigenvalue weighted by atomic mass is 10.0. The lowest BCUT2D eigenvalue weighted by Crippen LogP contribution is -2.12. The molecule has 110 heavy (non-hydrogen) atoms. The molecule has 14 aromatic rings. The van der Waals surface area contributed by atoms with Gasteiger partial charge in [0.2, 0.25) is 37.7 Å². The molecule has 31 nitrogen and oxygen atoms in total. The Morgan fingerprint density at radius 2 is 0.709 bits per heavy atom. The van der Waals surface area contributed by atoms with Crippen molar-refractivity contribution < 1.29 is 67.1 Å². The molecule has 0 fully saturated rings. The quantitative estimate of drug-likeness (QED) is 0.0698. The maximum atomic E-state index is 13.2. The summed E-state index contributed by atoms with van der Waals surface area (Å²) in [6, 6.07) is 37.3. The van der Waals surface area contributed by atoms with E-state index >= 15 is 0 Å². The Labute approximate surface area is 631 Å². The van der Waals surface area contributed by atoms with Gasteiger partial charge in [-0.25, -0.2) is 84.1 Å². The average molecular weight is 1560 g/mol. The first-order valence-corrected chi connectivity index (χ1v) is 39.6. The van der Waals surface area contributed by atoms with Gasteiger partial charge in [0.05, 0.1) is 77.3 Å². The van der Waals surface area contributed by atoms with Crippen LogP contribution in [0.3, 0.4) is 0 Å². The summed E-state index contributed by atoms with van der Waals surface area (Å²) in [5.74, 6) is 1.21. The maximum absolute atomic E-state index is 13.2. The minimum absolute atomic E-state index is 0.195. The highest BCUT2D eigenvalue weighted by Gasteiger charge is 2.26. The van der Waals surface area contributed by atoms with Gasteiger partial charge in [-0.1, -0.05) is 43.3 Å². The second-order valence-corrected chi connectivity index (χ2v) is 31.5. The van der Waals surface area contributed by atoms with Crippen molar-refractivity contribution in [3.63, 3.8) is 0 Å². The Morgan fingerprint density at radius 1 is 0.391 bits per heavy atom. The summed E-state index contributed by atoms with van der Waals surface area (Å²) in [6.07, 6.45) is 20.6. The molecule has 12 heterocycles. The molecular formula is C75H70N16O15S4. The van der Waals surface area contributed by atoms with E-state index in [4.69, 9.17) is 4.74 Å². The van der Waals surface area contributed by atoms with Crippen molar-refractivity contribution in [2.75, 3.05) is 55.1 Å². The molecule has 0 spiro atoms. The van der Waals surface area contributed by atoms with Crippen molar-refractivity contribution in [1.82, 2.24) is 55.8 Å². The van der Waals surface area contributed by atoms with Gasteiger partial charge in [-0.15, -0.1) is 0 Å². The second kappa shape index (κ2) is 32.5. The largest absolute Gasteiger partial charge is 0.479 e. The molecule has 0 aliphatic carbocycles. The number of carbonyl (C=O) groups excluding carboxylic acids is 4. The number of aromatic nitrogens is 12. The SMILES string of the molecule is CC(=O)Nc1cc(-c2cnc(C)c3c2ccn3S(=O)(=O)c2ccccc2)ccn1.CCc1ncc(-c2ccnc(NC(C)=O)c2)c2ccn(S(C)(=O)=O)c12.COC(=O)Nc1cc(-c2cnc(C)c3c2ccn3S(=O)(=O)c2ccccc2)ccn1.COC(=O)Nc1cc(-c2cnc(OC)c3c2ccn3S(C)(=O)=O)ccn1. The lowest BCUT2D eigenvalue weighted by molar-refractivity contribution is -0.115. The first-order valence-electron chi connectivity index (χ1n) is 33.0. The Kier molecular flexibility index (Phi) is 23.1. The zero-order valence-electron chi connectivity index (χ0n) is 60.5. The number of rotatable bonds is 16. The second-order valence-electron chi connectivity index (χ2n) is 24.1. The third kappa shape index (κ3) is 16.8. The number of anilines is 4. The summed E-state index contributed by atoms with van der Waals surface area (Å²) in [6.45, 7) is 8.30. The molecule has 0 saturated carbocycles. The summed E-state index contributed by atoms with van der Waals surface area (Å²) in [5.41, 5.74) is 9.74. The van der Waals surface area contributed by atoms with Gasteiger partial charge in [-0.05, 0) is 140 Å². The van der Waals surface area contributed by atoms with Crippen LogP contribution in [0.15, 0.2) is 218 Å². The van der Waals surface area contributed by atoms with Crippen LogP contribution in [0, 0.1) is 13.8 Å². The number of hydrogen-bond acceptors (Lipinski definition) is 23. The van der Waals surface area contributed by atoms with Gasteiger partial charge in [0.25, 0.3) is 20.0 Å². The number of pyridine rings is 8. The minimum atomic E-state index is -3.78. The summed E-state index contributed by atoms with van der Waals surface area (Å²) in [7, 11) is -10.6. The fraction of sp³-hybridized carbons (Fsp3) is 0.147. The van der Waals surface area contributed by atoms with Crippen LogP contribution >= 0.6 is 0 Å². The number of carbonyl (C=O) groups is 4. The lowest BCUT2D eigenvalue weighted by Gasteiger charge is -2.11. The molecule has 2 aromatic carbocycles. The Balaban J connectivity index is 0.000000146. The van der Waals surface area contributed by atoms with Crippen LogP contribution < -0.4 is 26.0 Å². The number of benzene rings is 2. The van der Waals surface area contributed by atoms with Crippen molar-refractivity contribution in [2.45, 2.75) is 50.8 Å². The molecule has 0 saturated heterocycles. The van der Waals surface area contributed by atoms with E-state index in [9.17, 15) is 52.8 Å². The molecule has 0 unspecified atom stereocenters. The summed E-state index contributed by atoms with van der Waals surface area (Å²) < 4.78 is 120. The zero-order chi connectivity index (χ0) is 79.0. The third-order valence-electron chi connectivity index (χ3n) is 16.7.